The highest BCUT2D eigenvalue weighted by atomic mass is 35.5. The number of benzene rings is 2. The monoisotopic (exact) mass is 350 g/mol. The van der Waals surface area contributed by atoms with Crippen LogP contribution in [0.15, 0.2) is 42.5 Å². The number of carbonyl (C=O) groups is 1. The number of rotatable bonds is 3. The lowest BCUT2D eigenvalue weighted by atomic mass is 10.1. The fourth-order valence-corrected chi connectivity index (χ4v) is 3.04. The summed E-state index contributed by atoms with van der Waals surface area (Å²) in [5.41, 5.74) is 0.824. The largest absolute Gasteiger partial charge is 0.336 e. The summed E-state index contributed by atoms with van der Waals surface area (Å²) in [6.07, 6.45) is 0. The SMILES string of the molecule is O=C(c1ccccc1Cl)N1CCN(Cc2cccc(F)c2F)CC1. The lowest BCUT2D eigenvalue weighted by Crippen LogP contribution is -2.48. The van der Waals surface area contributed by atoms with Crippen molar-refractivity contribution in [3.05, 3.63) is 70.2 Å². The van der Waals surface area contributed by atoms with Crippen molar-refractivity contribution in [1.29, 1.82) is 0 Å². The van der Waals surface area contributed by atoms with E-state index in [0.29, 0.717) is 48.9 Å². The highest BCUT2D eigenvalue weighted by Gasteiger charge is 2.24. The molecule has 0 aromatic heterocycles. The highest BCUT2D eigenvalue weighted by molar-refractivity contribution is 6.33. The summed E-state index contributed by atoms with van der Waals surface area (Å²) in [4.78, 5) is 16.2. The van der Waals surface area contributed by atoms with Gasteiger partial charge < -0.3 is 4.90 Å². The molecule has 1 amide bonds. The van der Waals surface area contributed by atoms with E-state index in [1.165, 1.54) is 6.07 Å². The van der Waals surface area contributed by atoms with Crippen molar-refractivity contribution in [2.45, 2.75) is 6.54 Å². The van der Waals surface area contributed by atoms with Crippen molar-refractivity contribution in [2.75, 3.05) is 26.2 Å². The first kappa shape index (κ1) is 16.9. The molecule has 6 heteroatoms. The fourth-order valence-electron chi connectivity index (χ4n) is 2.83. The Kier molecular flexibility index (Phi) is 5.11. The van der Waals surface area contributed by atoms with Crippen LogP contribution in [0, 0.1) is 11.6 Å². The normalized spacial score (nSPS) is 15.5. The van der Waals surface area contributed by atoms with Crippen LogP contribution in [0.1, 0.15) is 15.9 Å². The van der Waals surface area contributed by atoms with Crippen molar-refractivity contribution in [2.24, 2.45) is 0 Å². The molecule has 0 spiro atoms. The second-order valence-corrected chi connectivity index (χ2v) is 6.17. The molecule has 0 unspecified atom stereocenters. The Balaban J connectivity index is 1.61. The van der Waals surface area contributed by atoms with Crippen LogP contribution < -0.4 is 0 Å². The maximum Gasteiger partial charge on any atom is 0.255 e. The van der Waals surface area contributed by atoms with Crippen molar-refractivity contribution in [3.63, 3.8) is 0 Å². The number of piperazine rings is 1. The maximum absolute atomic E-state index is 13.7. The van der Waals surface area contributed by atoms with Crippen LogP contribution in [-0.4, -0.2) is 41.9 Å². The summed E-state index contributed by atoms with van der Waals surface area (Å²) in [6.45, 7) is 2.60. The van der Waals surface area contributed by atoms with Gasteiger partial charge in [0.1, 0.15) is 0 Å². The molecular weight excluding hydrogens is 334 g/mol. The van der Waals surface area contributed by atoms with Gasteiger partial charge in [-0.25, -0.2) is 8.78 Å². The molecule has 3 rings (SSSR count). The summed E-state index contributed by atoms with van der Waals surface area (Å²) in [6, 6.07) is 11.2. The third-order valence-electron chi connectivity index (χ3n) is 4.19. The minimum absolute atomic E-state index is 0.0998. The average molecular weight is 351 g/mol. The number of hydrogen-bond acceptors (Lipinski definition) is 2. The van der Waals surface area contributed by atoms with E-state index in [-0.39, 0.29) is 5.91 Å². The zero-order valence-electron chi connectivity index (χ0n) is 13.0. The van der Waals surface area contributed by atoms with Gasteiger partial charge in [-0.3, -0.25) is 9.69 Å². The van der Waals surface area contributed by atoms with Crippen LogP contribution >= 0.6 is 11.6 Å². The molecule has 0 N–H and O–H groups in total. The van der Waals surface area contributed by atoms with E-state index in [4.69, 9.17) is 11.6 Å². The number of amides is 1. The van der Waals surface area contributed by atoms with E-state index < -0.39 is 11.6 Å². The van der Waals surface area contributed by atoms with Crippen molar-refractivity contribution < 1.29 is 13.6 Å². The summed E-state index contributed by atoms with van der Waals surface area (Å²) >= 11 is 6.07. The highest BCUT2D eigenvalue weighted by Crippen LogP contribution is 2.19. The van der Waals surface area contributed by atoms with Crippen molar-refractivity contribution in [3.8, 4) is 0 Å². The van der Waals surface area contributed by atoms with E-state index in [1.807, 2.05) is 4.90 Å². The van der Waals surface area contributed by atoms with E-state index in [0.717, 1.165) is 6.07 Å². The Labute approximate surface area is 144 Å². The summed E-state index contributed by atoms with van der Waals surface area (Å²) in [5.74, 6) is -1.73. The molecule has 1 aliphatic rings. The van der Waals surface area contributed by atoms with Crippen LogP contribution in [0.2, 0.25) is 5.02 Å². The molecular formula is C18H17ClF2N2O. The van der Waals surface area contributed by atoms with Gasteiger partial charge >= 0.3 is 0 Å². The average Bonchev–Trinajstić information content (AvgIpc) is 2.59. The van der Waals surface area contributed by atoms with Gasteiger partial charge in [-0.05, 0) is 18.2 Å². The number of hydrogen-bond donors (Lipinski definition) is 0. The van der Waals surface area contributed by atoms with Gasteiger partial charge in [-0.15, -0.1) is 0 Å². The molecule has 2 aromatic rings. The summed E-state index contributed by atoms with van der Waals surface area (Å²) in [5, 5.41) is 0.437. The van der Waals surface area contributed by atoms with Crippen LogP contribution in [0.3, 0.4) is 0 Å². The third kappa shape index (κ3) is 3.57. The molecule has 24 heavy (non-hydrogen) atoms. The molecule has 0 saturated carbocycles. The molecule has 0 aliphatic carbocycles. The quantitative estimate of drug-likeness (QED) is 0.844. The van der Waals surface area contributed by atoms with Crippen LogP contribution in [0.25, 0.3) is 0 Å². The summed E-state index contributed by atoms with van der Waals surface area (Å²) in [7, 11) is 0. The van der Waals surface area contributed by atoms with Gasteiger partial charge in [0.25, 0.3) is 5.91 Å². The van der Waals surface area contributed by atoms with Gasteiger partial charge in [0, 0.05) is 38.3 Å². The first-order chi connectivity index (χ1) is 11.6. The molecule has 2 aromatic carbocycles. The van der Waals surface area contributed by atoms with Gasteiger partial charge in [0.2, 0.25) is 0 Å². The maximum atomic E-state index is 13.7. The van der Waals surface area contributed by atoms with Gasteiger partial charge in [-0.2, -0.15) is 0 Å². The molecule has 1 saturated heterocycles. The molecule has 0 bridgehead atoms. The second kappa shape index (κ2) is 7.28. The minimum Gasteiger partial charge on any atom is -0.336 e. The van der Waals surface area contributed by atoms with Crippen molar-refractivity contribution >= 4 is 17.5 Å². The lowest BCUT2D eigenvalue weighted by Gasteiger charge is -2.35. The molecule has 3 nitrogen and oxygen atoms in total. The van der Waals surface area contributed by atoms with Crippen LogP contribution in [0.4, 0.5) is 8.78 Å². The zero-order valence-corrected chi connectivity index (χ0v) is 13.8. The van der Waals surface area contributed by atoms with Crippen LogP contribution in [0.5, 0.6) is 0 Å². The lowest BCUT2D eigenvalue weighted by molar-refractivity contribution is 0.0627. The Morgan fingerprint density at radius 3 is 2.42 bits per heavy atom. The number of nitrogens with zero attached hydrogens (tertiary/aromatic N) is 2. The minimum atomic E-state index is -0.833. The Morgan fingerprint density at radius 1 is 1.00 bits per heavy atom. The Hall–Kier alpha value is -1.98. The first-order valence-corrected chi connectivity index (χ1v) is 8.13. The van der Waals surface area contributed by atoms with E-state index >= 15 is 0 Å². The predicted octanol–water partition coefficient (Wildman–Crippen LogP) is 3.58. The predicted molar refractivity (Wildman–Crippen MR) is 89.0 cm³/mol. The van der Waals surface area contributed by atoms with Crippen molar-refractivity contribution in [1.82, 2.24) is 9.80 Å². The standard InChI is InChI=1S/C18H17ClF2N2O/c19-15-6-2-1-5-14(15)18(24)23-10-8-22(9-11-23)12-13-4-3-7-16(20)17(13)21/h1-7H,8-12H2. The third-order valence-corrected chi connectivity index (χ3v) is 4.52. The van der Waals surface area contributed by atoms with Crippen LogP contribution in [-0.2, 0) is 6.54 Å². The first-order valence-electron chi connectivity index (χ1n) is 7.75. The molecule has 1 fully saturated rings. The molecule has 1 heterocycles. The second-order valence-electron chi connectivity index (χ2n) is 5.76. The Bertz CT molecular complexity index is 746. The van der Waals surface area contributed by atoms with E-state index in [9.17, 15) is 13.6 Å². The van der Waals surface area contributed by atoms with Gasteiger partial charge in [0.05, 0.1) is 10.6 Å². The summed E-state index contributed by atoms with van der Waals surface area (Å²) < 4.78 is 27.0. The molecule has 126 valence electrons. The molecule has 0 radical (unpaired) electrons. The molecule has 0 atom stereocenters. The van der Waals surface area contributed by atoms with Gasteiger partial charge in [0.15, 0.2) is 11.6 Å². The fraction of sp³-hybridized carbons (Fsp3) is 0.278. The zero-order chi connectivity index (χ0) is 17.1. The Morgan fingerprint density at radius 2 is 1.71 bits per heavy atom. The smallest absolute Gasteiger partial charge is 0.255 e. The molecule has 1 aliphatic heterocycles. The van der Waals surface area contributed by atoms with E-state index in [2.05, 4.69) is 0 Å². The topological polar surface area (TPSA) is 23.6 Å². The van der Waals surface area contributed by atoms with Gasteiger partial charge in [-0.1, -0.05) is 35.9 Å². The number of carbonyl (C=O) groups excluding carboxylic acids is 1. The van der Waals surface area contributed by atoms with E-state index in [1.54, 1.807) is 35.2 Å². The number of halogens is 3.